The summed E-state index contributed by atoms with van der Waals surface area (Å²) < 4.78 is 12.6. The van der Waals surface area contributed by atoms with Crippen LogP contribution in [0.25, 0.3) is 0 Å². The molecule has 0 N–H and O–H groups in total. The Bertz CT molecular complexity index is 638. The van der Waals surface area contributed by atoms with Gasteiger partial charge in [0.05, 0.1) is 13.2 Å². The van der Waals surface area contributed by atoms with Gasteiger partial charge in [-0.3, -0.25) is 4.79 Å². The molecule has 1 aliphatic heterocycles. The van der Waals surface area contributed by atoms with E-state index in [1.54, 1.807) is 5.57 Å². The molecule has 0 radical (unpaired) electrons. The second-order valence-corrected chi connectivity index (χ2v) is 10.8. The molecular weight excluding hydrogens is 324 g/mol. The lowest BCUT2D eigenvalue weighted by atomic mass is 9.54. The predicted octanol–water partition coefficient (Wildman–Crippen LogP) is 4.90. The van der Waals surface area contributed by atoms with Crippen molar-refractivity contribution in [2.75, 3.05) is 13.2 Å². The first kappa shape index (κ1) is 17.4. The van der Waals surface area contributed by atoms with Crippen molar-refractivity contribution in [3.8, 4) is 0 Å². The van der Waals surface area contributed by atoms with Crippen molar-refractivity contribution in [1.82, 2.24) is 0 Å². The molecule has 5 unspecified atom stereocenters. The topological polar surface area (TPSA) is 35.5 Å². The largest absolute Gasteiger partial charge is 0.349 e. The summed E-state index contributed by atoms with van der Waals surface area (Å²) in [7, 11) is 0. The van der Waals surface area contributed by atoms with Crippen LogP contribution in [0.4, 0.5) is 0 Å². The number of ketones is 1. The summed E-state index contributed by atoms with van der Waals surface area (Å²) in [5.41, 5.74) is 1.80. The van der Waals surface area contributed by atoms with Crippen LogP contribution in [0.2, 0.25) is 0 Å². The van der Waals surface area contributed by atoms with E-state index in [2.05, 4.69) is 26.8 Å². The number of rotatable bonds is 0. The van der Waals surface area contributed by atoms with Gasteiger partial charge < -0.3 is 9.47 Å². The van der Waals surface area contributed by atoms with Gasteiger partial charge in [-0.15, -0.1) is 0 Å². The van der Waals surface area contributed by atoms with Gasteiger partial charge in [-0.2, -0.15) is 0 Å². The first-order chi connectivity index (χ1) is 12.3. The second kappa shape index (κ2) is 5.67. The van der Waals surface area contributed by atoms with Crippen LogP contribution in [-0.4, -0.2) is 24.8 Å². The predicted molar refractivity (Wildman–Crippen MR) is 101 cm³/mol. The highest BCUT2D eigenvalue weighted by Crippen LogP contribution is 2.60. The van der Waals surface area contributed by atoms with Crippen LogP contribution in [0.1, 0.15) is 72.1 Å². The molecule has 0 aromatic rings. The Balaban J connectivity index is 1.35. The molecule has 5 rings (SSSR count). The molecule has 0 aromatic carbocycles. The van der Waals surface area contributed by atoms with E-state index >= 15 is 0 Å². The summed E-state index contributed by atoms with van der Waals surface area (Å²) in [6.07, 6.45) is 11.3. The maximum Gasteiger partial charge on any atom is 0.168 e. The molecule has 1 heterocycles. The second-order valence-electron chi connectivity index (χ2n) is 10.8. The highest BCUT2D eigenvalue weighted by Gasteiger charge is 2.56. The van der Waals surface area contributed by atoms with Crippen molar-refractivity contribution >= 4 is 5.78 Å². The number of carbonyl (C=O) groups excluding carboxylic acids is 1. The summed E-state index contributed by atoms with van der Waals surface area (Å²) in [5, 5.41) is 0. The number of hydrogen-bond donors (Lipinski definition) is 0. The van der Waals surface area contributed by atoms with Crippen molar-refractivity contribution in [3.63, 3.8) is 0 Å². The third-order valence-electron chi connectivity index (χ3n) is 8.52. The minimum atomic E-state index is -0.309. The fourth-order valence-corrected chi connectivity index (χ4v) is 6.91. The third kappa shape index (κ3) is 2.49. The lowest BCUT2D eigenvalue weighted by Gasteiger charge is -2.54. The smallest absolute Gasteiger partial charge is 0.168 e. The van der Waals surface area contributed by atoms with Crippen LogP contribution in [0.5, 0.6) is 0 Å². The first-order valence-corrected chi connectivity index (χ1v) is 10.8. The monoisotopic (exact) mass is 358 g/mol. The fourth-order valence-electron chi connectivity index (χ4n) is 6.91. The zero-order valence-electron chi connectivity index (χ0n) is 16.7. The van der Waals surface area contributed by atoms with E-state index in [4.69, 9.17) is 9.47 Å². The molecule has 3 heteroatoms. The van der Waals surface area contributed by atoms with Gasteiger partial charge in [0, 0.05) is 30.1 Å². The molecule has 4 aliphatic carbocycles. The number of Topliss-reactive ketones (excluding diaryl/α,β-unsaturated/α-hetero) is 1. The Morgan fingerprint density at radius 3 is 2.54 bits per heavy atom. The van der Waals surface area contributed by atoms with Crippen LogP contribution in [-0.2, 0) is 14.3 Å². The summed E-state index contributed by atoms with van der Waals surface area (Å²) in [4.78, 5) is 12.5. The van der Waals surface area contributed by atoms with E-state index < -0.39 is 0 Å². The molecule has 1 saturated heterocycles. The van der Waals surface area contributed by atoms with Crippen LogP contribution >= 0.6 is 0 Å². The van der Waals surface area contributed by atoms with Gasteiger partial charge in [0.1, 0.15) is 5.78 Å². The molecule has 0 bridgehead atoms. The fraction of sp³-hybridized carbons (Fsp3) is 0.870. The van der Waals surface area contributed by atoms with E-state index in [0.717, 1.165) is 45.3 Å². The molecule has 144 valence electrons. The average molecular weight is 359 g/mol. The zero-order valence-corrected chi connectivity index (χ0v) is 16.7. The quantitative estimate of drug-likeness (QED) is 0.578. The standard InChI is InChI=1S/C23H34O3/c1-21(2)13-25-23(26-14-21)11-9-16-15(12-23)4-5-18-17(16)8-10-22(3)19(18)6-7-20(22)24/h8,15-16,18-19H,4-7,9-14H2,1-3H3. The van der Waals surface area contributed by atoms with Crippen molar-refractivity contribution in [1.29, 1.82) is 0 Å². The number of fused-ring (bicyclic) bond motifs is 5. The minimum absolute atomic E-state index is 0.0575. The third-order valence-corrected chi connectivity index (χ3v) is 8.52. The van der Waals surface area contributed by atoms with Gasteiger partial charge in [-0.1, -0.05) is 32.4 Å². The summed E-state index contributed by atoms with van der Waals surface area (Å²) >= 11 is 0. The van der Waals surface area contributed by atoms with Crippen LogP contribution < -0.4 is 0 Å². The SMILES string of the molecule is CC1(C)COC2(CCC3C4=CCC5(C)C(=O)CCC5C4CCC3C2)OC1. The Morgan fingerprint density at radius 2 is 1.77 bits per heavy atom. The number of hydrogen-bond acceptors (Lipinski definition) is 3. The van der Waals surface area contributed by atoms with Crippen molar-refractivity contribution in [3.05, 3.63) is 11.6 Å². The van der Waals surface area contributed by atoms with Gasteiger partial charge in [0.15, 0.2) is 5.79 Å². The normalized spacial score (nSPS) is 46.3. The summed E-state index contributed by atoms with van der Waals surface area (Å²) in [5.74, 6) is 2.90. The Hall–Kier alpha value is -0.670. The maximum absolute atomic E-state index is 12.5. The molecular formula is C23H34O3. The molecule has 0 amide bonds. The van der Waals surface area contributed by atoms with E-state index in [-0.39, 0.29) is 16.6 Å². The van der Waals surface area contributed by atoms with Crippen molar-refractivity contribution < 1.29 is 14.3 Å². The van der Waals surface area contributed by atoms with E-state index in [9.17, 15) is 4.79 Å². The van der Waals surface area contributed by atoms with Gasteiger partial charge in [0.25, 0.3) is 0 Å². The van der Waals surface area contributed by atoms with Gasteiger partial charge in [0.2, 0.25) is 0 Å². The van der Waals surface area contributed by atoms with E-state index in [1.165, 1.54) is 19.3 Å². The van der Waals surface area contributed by atoms with Gasteiger partial charge in [-0.25, -0.2) is 0 Å². The Morgan fingerprint density at radius 1 is 1.00 bits per heavy atom. The van der Waals surface area contributed by atoms with E-state index in [1.807, 2.05) is 0 Å². The van der Waals surface area contributed by atoms with Crippen LogP contribution in [0.3, 0.4) is 0 Å². The summed E-state index contributed by atoms with van der Waals surface area (Å²) in [6, 6.07) is 0. The molecule has 1 spiro atoms. The van der Waals surface area contributed by atoms with Crippen LogP contribution in [0, 0.1) is 34.5 Å². The molecule has 5 aliphatic rings. The minimum Gasteiger partial charge on any atom is -0.349 e. The van der Waals surface area contributed by atoms with Crippen molar-refractivity contribution in [2.45, 2.75) is 77.9 Å². The van der Waals surface area contributed by atoms with E-state index in [0.29, 0.717) is 29.5 Å². The summed E-state index contributed by atoms with van der Waals surface area (Å²) in [6.45, 7) is 8.33. The lowest BCUT2D eigenvalue weighted by Crippen LogP contribution is -2.53. The molecule has 26 heavy (non-hydrogen) atoms. The van der Waals surface area contributed by atoms with Gasteiger partial charge in [-0.05, 0) is 55.8 Å². The first-order valence-electron chi connectivity index (χ1n) is 10.8. The Labute approximate surface area is 157 Å². The molecule has 5 atom stereocenters. The average Bonchev–Trinajstić information content (AvgIpc) is 2.93. The maximum atomic E-state index is 12.5. The highest BCUT2D eigenvalue weighted by molar-refractivity contribution is 5.87. The lowest BCUT2D eigenvalue weighted by molar-refractivity contribution is -0.318. The molecule has 3 saturated carbocycles. The molecule has 0 aromatic heterocycles. The molecule has 3 nitrogen and oxygen atoms in total. The highest BCUT2D eigenvalue weighted by atomic mass is 16.7. The number of carbonyl (C=O) groups is 1. The molecule has 4 fully saturated rings. The van der Waals surface area contributed by atoms with Gasteiger partial charge >= 0.3 is 0 Å². The zero-order chi connectivity index (χ0) is 18.2. The Kier molecular flexibility index (Phi) is 3.80. The van der Waals surface area contributed by atoms with Crippen molar-refractivity contribution in [2.24, 2.45) is 34.5 Å². The number of ether oxygens (including phenoxy) is 2. The number of allylic oxidation sites excluding steroid dienone is 2. The van der Waals surface area contributed by atoms with Crippen LogP contribution in [0.15, 0.2) is 11.6 Å².